The van der Waals surface area contributed by atoms with Gasteiger partial charge >= 0.3 is 11.9 Å². The maximum atomic E-state index is 11.2. The number of ether oxygens (including phenoxy) is 2. The summed E-state index contributed by atoms with van der Waals surface area (Å²) in [6, 6.07) is 0. The van der Waals surface area contributed by atoms with E-state index in [0.29, 0.717) is 6.42 Å². The van der Waals surface area contributed by atoms with Crippen molar-refractivity contribution in [2.45, 2.75) is 25.7 Å². The van der Waals surface area contributed by atoms with Crippen molar-refractivity contribution in [2.75, 3.05) is 33.4 Å². The molecular formula is C11H19NO4. The van der Waals surface area contributed by atoms with Gasteiger partial charge in [0.1, 0.15) is 0 Å². The van der Waals surface area contributed by atoms with Crippen LogP contribution in [-0.2, 0) is 19.1 Å². The van der Waals surface area contributed by atoms with Crippen molar-refractivity contribution < 1.29 is 19.1 Å². The van der Waals surface area contributed by atoms with E-state index >= 15 is 0 Å². The first kappa shape index (κ1) is 13.0. The first-order chi connectivity index (χ1) is 7.72. The van der Waals surface area contributed by atoms with E-state index in [-0.39, 0.29) is 12.6 Å². The van der Waals surface area contributed by atoms with Crippen LogP contribution in [-0.4, -0.2) is 50.2 Å². The molecule has 0 N–H and O–H groups in total. The zero-order chi connectivity index (χ0) is 11.8. The molecule has 0 amide bonds. The summed E-state index contributed by atoms with van der Waals surface area (Å²) < 4.78 is 9.11. The molecule has 1 rings (SSSR count). The number of carbonyl (C=O) groups excluding carboxylic acids is 2. The van der Waals surface area contributed by atoms with Gasteiger partial charge in [0.15, 0.2) is 6.61 Å². The number of piperidine rings is 1. The molecule has 0 atom stereocenters. The van der Waals surface area contributed by atoms with Crippen LogP contribution in [0.4, 0.5) is 0 Å². The molecule has 1 aliphatic rings. The Labute approximate surface area is 95.7 Å². The minimum Gasteiger partial charge on any atom is -0.466 e. The molecule has 1 fully saturated rings. The van der Waals surface area contributed by atoms with Crippen LogP contribution in [0.3, 0.4) is 0 Å². The van der Waals surface area contributed by atoms with Gasteiger partial charge in [-0.1, -0.05) is 6.42 Å². The molecule has 0 saturated carbocycles. The summed E-state index contributed by atoms with van der Waals surface area (Å²) in [5.74, 6) is -0.859. The van der Waals surface area contributed by atoms with Gasteiger partial charge in [0.25, 0.3) is 0 Å². The van der Waals surface area contributed by atoms with Gasteiger partial charge in [-0.3, -0.25) is 4.79 Å². The minimum atomic E-state index is -0.522. The molecule has 16 heavy (non-hydrogen) atoms. The van der Waals surface area contributed by atoms with Crippen molar-refractivity contribution in [2.24, 2.45) is 0 Å². The molecule has 1 saturated heterocycles. The third kappa shape index (κ3) is 5.11. The highest BCUT2D eigenvalue weighted by molar-refractivity contribution is 5.76. The summed E-state index contributed by atoms with van der Waals surface area (Å²) in [4.78, 5) is 24.2. The van der Waals surface area contributed by atoms with E-state index in [4.69, 9.17) is 4.74 Å². The van der Waals surface area contributed by atoms with Crippen LogP contribution >= 0.6 is 0 Å². The van der Waals surface area contributed by atoms with Gasteiger partial charge in [-0.05, 0) is 25.9 Å². The fraction of sp³-hybridized carbons (Fsp3) is 0.818. The fourth-order valence-corrected chi connectivity index (χ4v) is 1.70. The quantitative estimate of drug-likeness (QED) is 0.645. The number of hydrogen-bond donors (Lipinski definition) is 0. The average molecular weight is 229 g/mol. The molecule has 0 aromatic carbocycles. The molecule has 0 aromatic rings. The second-order valence-corrected chi connectivity index (χ2v) is 3.89. The summed E-state index contributed by atoms with van der Waals surface area (Å²) in [6.45, 7) is 2.56. The third-order valence-electron chi connectivity index (χ3n) is 2.66. The Kier molecular flexibility index (Phi) is 5.85. The van der Waals surface area contributed by atoms with Gasteiger partial charge in [-0.15, -0.1) is 0 Å². The monoisotopic (exact) mass is 229 g/mol. The Bertz CT molecular complexity index is 236. The highest BCUT2D eigenvalue weighted by atomic mass is 16.6. The number of hydrogen-bond acceptors (Lipinski definition) is 5. The molecule has 1 heterocycles. The van der Waals surface area contributed by atoms with Crippen LogP contribution in [0, 0.1) is 0 Å². The van der Waals surface area contributed by atoms with Gasteiger partial charge in [-0.2, -0.15) is 0 Å². The predicted molar refractivity (Wildman–Crippen MR) is 57.9 cm³/mol. The smallest absolute Gasteiger partial charge is 0.344 e. The number of methoxy groups -OCH3 is 1. The molecular weight excluding hydrogens is 210 g/mol. The van der Waals surface area contributed by atoms with Gasteiger partial charge in [-0.25, -0.2) is 4.79 Å². The van der Waals surface area contributed by atoms with Crippen LogP contribution in [0.2, 0.25) is 0 Å². The molecule has 1 aliphatic heterocycles. The standard InChI is InChI=1S/C11H19NO4/c1-15-11(14)9-16-10(13)5-8-12-6-3-2-4-7-12/h2-9H2,1H3. The Morgan fingerprint density at radius 3 is 2.44 bits per heavy atom. The normalized spacial score (nSPS) is 16.8. The van der Waals surface area contributed by atoms with E-state index in [0.717, 1.165) is 19.6 Å². The molecule has 0 unspecified atom stereocenters. The van der Waals surface area contributed by atoms with E-state index in [9.17, 15) is 9.59 Å². The van der Waals surface area contributed by atoms with E-state index in [1.54, 1.807) is 0 Å². The molecule has 92 valence electrons. The third-order valence-corrected chi connectivity index (χ3v) is 2.66. The maximum Gasteiger partial charge on any atom is 0.344 e. The second kappa shape index (κ2) is 7.22. The lowest BCUT2D eigenvalue weighted by molar-refractivity contribution is -0.157. The summed E-state index contributed by atoms with van der Waals surface area (Å²) in [5, 5.41) is 0. The number of likely N-dealkylation sites (tertiary alicyclic amines) is 1. The maximum absolute atomic E-state index is 11.2. The van der Waals surface area contributed by atoms with Crippen LogP contribution in [0.5, 0.6) is 0 Å². The minimum absolute atomic E-state index is 0.282. The van der Waals surface area contributed by atoms with E-state index in [1.165, 1.54) is 26.4 Å². The van der Waals surface area contributed by atoms with Crippen molar-refractivity contribution in [3.8, 4) is 0 Å². The summed E-state index contributed by atoms with van der Waals surface area (Å²) >= 11 is 0. The molecule has 0 aliphatic carbocycles. The average Bonchev–Trinajstić information content (AvgIpc) is 2.34. The predicted octanol–water partition coefficient (Wildman–Crippen LogP) is 0.579. The Balaban J connectivity index is 2.07. The fourth-order valence-electron chi connectivity index (χ4n) is 1.70. The van der Waals surface area contributed by atoms with Crippen LogP contribution < -0.4 is 0 Å². The largest absolute Gasteiger partial charge is 0.466 e. The highest BCUT2D eigenvalue weighted by Gasteiger charge is 2.13. The summed E-state index contributed by atoms with van der Waals surface area (Å²) in [5.41, 5.74) is 0. The van der Waals surface area contributed by atoms with Crippen LogP contribution in [0.25, 0.3) is 0 Å². The first-order valence-corrected chi connectivity index (χ1v) is 5.67. The number of rotatable bonds is 5. The van der Waals surface area contributed by atoms with Crippen LogP contribution in [0.15, 0.2) is 0 Å². The van der Waals surface area contributed by atoms with Crippen molar-refractivity contribution in [1.82, 2.24) is 4.90 Å². The lowest BCUT2D eigenvalue weighted by Crippen LogP contribution is -2.32. The zero-order valence-corrected chi connectivity index (χ0v) is 9.74. The Morgan fingerprint density at radius 1 is 1.12 bits per heavy atom. The number of nitrogens with zero attached hydrogens (tertiary/aromatic N) is 1. The topological polar surface area (TPSA) is 55.8 Å². The van der Waals surface area contributed by atoms with E-state index < -0.39 is 5.97 Å². The molecule has 0 spiro atoms. The summed E-state index contributed by atoms with van der Waals surface area (Å²) in [7, 11) is 1.27. The molecule has 0 radical (unpaired) electrons. The van der Waals surface area contributed by atoms with Crippen LogP contribution in [0.1, 0.15) is 25.7 Å². The van der Waals surface area contributed by atoms with Crippen molar-refractivity contribution in [3.63, 3.8) is 0 Å². The number of esters is 2. The zero-order valence-electron chi connectivity index (χ0n) is 9.74. The van der Waals surface area contributed by atoms with Gasteiger partial charge in [0, 0.05) is 6.54 Å². The molecule has 0 bridgehead atoms. The molecule has 5 nitrogen and oxygen atoms in total. The summed E-state index contributed by atoms with van der Waals surface area (Å²) in [6.07, 6.45) is 4.04. The van der Waals surface area contributed by atoms with Crippen molar-refractivity contribution in [3.05, 3.63) is 0 Å². The Morgan fingerprint density at radius 2 is 1.81 bits per heavy atom. The van der Waals surface area contributed by atoms with Crippen molar-refractivity contribution >= 4 is 11.9 Å². The molecule has 0 aromatic heterocycles. The lowest BCUT2D eigenvalue weighted by Gasteiger charge is -2.25. The lowest BCUT2D eigenvalue weighted by atomic mass is 10.1. The van der Waals surface area contributed by atoms with Crippen molar-refractivity contribution in [1.29, 1.82) is 0 Å². The number of carbonyl (C=O) groups is 2. The highest BCUT2D eigenvalue weighted by Crippen LogP contribution is 2.08. The van der Waals surface area contributed by atoms with Gasteiger partial charge < -0.3 is 14.4 Å². The first-order valence-electron chi connectivity index (χ1n) is 5.67. The van der Waals surface area contributed by atoms with Gasteiger partial charge in [0.05, 0.1) is 13.5 Å². The Hall–Kier alpha value is -1.10. The molecule has 5 heteroatoms. The SMILES string of the molecule is COC(=O)COC(=O)CCN1CCCCC1. The van der Waals surface area contributed by atoms with Gasteiger partial charge in [0.2, 0.25) is 0 Å². The second-order valence-electron chi connectivity index (χ2n) is 3.89. The van der Waals surface area contributed by atoms with E-state index in [2.05, 4.69) is 9.64 Å². The van der Waals surface area contributed by atoms with E-state index in [1.807, 2.05) is 0 Å².